The van der Waals surface area contributed by atoms with Crippen LogP contribution in [0.5, 0.6) is 0 Å². The normalized spacial score (nSPS) is 42.2. The average Bonchev–Trinajstić information content (AvgIpc) is 2.27. The molecule has 1 aliphatic carbocycles. The third-order valence-corrected chi connectivity index (χ3v) is 5.45. The minimum Gasteiger partial charge on any atom is -0.316 e. The first-order valence-electron chi connectivity index (χ1n) is 6.80. The van der Waals surface area contributed by atoms with Crippen LogP contribution in [0.1, 0.15) is 45.4 Å². The standard InChI is InChI=1S/C13H25IN2/c1-10-4-2-3-5-11(10)8-16-9-12(14)6-7-13(16)15/h10-13H,2-9,15H2,1H3. The Labute approximate surface area is 113 Å². The number of nitrogens with zero attached hydrogens (tertiary/aromatic N) is 1. The Morgan fingerprint density at radius 3 is 2.69 bits per heavy atom. The molecule has 0 radical (unpaired) electrons. The number of likely N-dealkylation sites (tertiary alicyclic amines) is 1. The molecule has 1 saturated heterocycles. The van der Waals surface area contributed by atoms with Crippen LogP contribution in [0, 0.1) is 11.8 Å². The largest absolute Gasteiger partial charge is 0.316 e. The zero-order valence-electron chi connectivity index (χ0n) is 10.4. The lowest BCUT2D eigenvalue weighted by molar-refractivity contribution is 0.101. The van der Waals surface area contributed by atoms with Gasteiger partial charge >= 0.3 is 0 Å². The average molecular weight is 336 g/mol. The fourth-order valence-corrected chi connectivity index (χ4v) is 4.06. The summed E-state index contributed by atoms with van der Waals surface area (Å²) in [6.07, 6.45) is 8.56. The molecule has 2 fully saturated rings. The second-order valence-electron chi connectivity index (χ2n) is 5.72. The molecule has 0 aromatic heterocycles. The molecule has 1 aliphatic heterocycles. The Morgan fingerprint density at radius 2 is 1.94 bits per heavy atom. The summed E-state index contributed by atoms with van der Waals surface area (Å²) in [5, 5.41) is 0. The van der Waals surface area contributed by atoms with E-state index in [0.29, 0.717) is 6.17 Å². The topological polar surface area (TPSA) is 29.3 Å². The molecule has 1 saturated carbocycles. The summed E-state index contributed by atoms with van der Waals surface area (Å²) in [6, 6.07) is 0. The zero-order chi connectivity index (χ0) is 11.5. The maximum Gasteiger partial charge on any atom is 0.0572 e. The first-order chi connectivity index (χ1) is 7.66. The molecule has 94 valence electrons. The maximum atomic E-state index is 6.23. The molecule has 0 aromatic carbocycles. The van der Waals surface area contributed by atoms with Crippen molar-refractivity contribution in [2.45, 2.75) is 55.5 Å². The molecule has 3 heteroatoms. The first-order valence-corrected chi connectivity index (χ1v) is 8.05. The van der Waals surface area contributed by atoms with Crippen molar-refractivity contribution in [3.63, 3.8) is 0 Å². The molecule has 4 unspecified atom stereocenters. The van der Waals surface area contributed by atoms with Crippen LogP contribution in [0.2, 0.25) is 0 Å². The second kappa shape index (κ2) is 6.01. The molecular weight excluding hydrogens is 311 g/mol. The molecule has 2 rings (SSSR count). The molecule has 2 nitrogen and oxygen atoms in total. The van der Waals surface area contributed by atoms with Crippen molar-refractivity contribution in [3.8, 4) is 0 Å². The lowest BCUT2D eigenvalue weighted by Gasteiger charge is -2.40. The van der Waals surface area contributed by atoms with Crippen molar-refractivity contribution in [1.82, 2.24) is 4.90 Å². The highest BCUT2D eigenvalue weighted by molar-refractivity contribution is 14.1. The first kappa shape index (κ1) is 13.1. The highest BCUT2D eigenvalue weighted by Crippen LogP contribution is 2.31. The number of piperidine rings is 1. The van der Waals surface area contributed by atoms with E-state index in [2.05, 4.69) is 34.4 Å². The molecule has 0 bridgehead atoms. The predicted octanol–water partition coefficient (Wildman–Crippen LogP) is 3.00. The van der Waals surface area contributed by atoms with Gasteiger partial charge in [-0.2, -0.15) is 0 Å². The lowest BCUT2D eigenvalue weighted by atomic mass is 9.80. The number of alkyl halides is 1. The molecule has 0 amide bonds. The summed E-state index contributed by atoms with van der Waals surface area (Å²) >= 11 is 2.58. The van der Waals surface area contributed by atoms with Crippen LogP contribution in [0.15, 0.2) is 0 Å². The van der Waals surface area contributed by atoms with Gasteiger partial charge in [0.15, 0.2) is 0 Å². The van der Waals surface area contributed by atoms with E-state index in [1.807, 2.05) is 0 Å². The summed E-state index contributed by atoms with van der Waals surface area (Å²) in [5.41, 5.74) is 6.23. The predicted molar refractivity (Wildman–Crippen MR) is 77.7 cm³/mol. The molecule has 16 heavy (non-hydrogen) atoms. The number of halogens is 1. The molecule has 4 atom stereocenters. The Kier molecular flexibility index (Phi) is 4.91. The number of hydrogen-bond donors (Lipinski definition) is 1. The Bertz CT molecular complexity index is 222. The van der Waals surface area contributed by atoms with Gasteiger partial charge in [-0.05, 0) is 31.1 Å². The Hall–Kier alpha value is 0.650. The molecule has 2 N–H and O–H groups in total. The zero-order valence-corrected chi connectivity index (χ0v) is 12.5. The number of nitrogens with two attached hydrogens (primary N) is 1. The van der Waals surface area contributed by atoms with Crippen molar-refractivity contribution < 1.29 is 0 Å². The smallest absolute Gasteiger partial charge is 0.0572 e. The highest BCUT2D eigenvalue weighted by Gasteiger charge is 2.29. The van der Waals surface area contributed by atoms with E-state index < -0.39 is 0 Å². The van der Waals surface area contributed by atoms with Gasteiger partial charge in [-0.3, -0.25) is 4.90 Å². The SMILES string of the molecule is CC1CCCCC1CN1CC(I)CCC1N. The van der Waals surface area contributed by atoms with Gasteiger partial charge in [0.05, 0.1) is 6.17 Å². The van der Waals surface area contributed by atoms with Crippen LogP contribution in [0.3, 0.4) is 0 Å². The third-order valence-electron chi connectivity index (χ3n) is 4.44. The van der Waals surface area contributed by atoms with E-state index in [0.717, 1.165) is 15.8 Å². The fraction of sp³-hybridized carbons (Fsp3) is 1.00. The van der Waals surface area contributed by atoms with Crippen molar-refractivity contribution in [2.24, 2.45) is 17.6 Å². The van der Waals surface area contributed by atoms with E-state index in [9.17, 15) is 0 Å². The van der Waals surface area contributed by atoms with E-state index in [-0.39, 0.29) is 0 Å². The monoisotopic (exact) mass is 336 g/mol. The Balaban J connectivity index is 1.86. The molecule has 2 aliphatic rings. The van der Waals surface area contributed by atoms with Crippen LogP contribution in [-0.2, 0) is 0 Å². The van der Waals surface area contributed by atoms with E-state index in [1.54, 1.807) is 0 Å². The van der Waals surface area contributed by atoms with Crippen LogP contribution in [0.4, 0.5) is 0 Å². The van der Waals surface area contributed by atoms with Crippen LogP contribution >= 0.6 is 22.6 Å². The van der Waals surface area contributed by atoms with Gasteiger partial charge in [0.25, 0.3) is 0 Å². The van der Waals surface area contributed by atoms with Crippen molar-refractivity contribution in [2.75, 3.05) is 13.1 Å². The van der Waals surface area contributed by atoms with E-state index >= 15 is 0 Å². The van der Waals surface area contributed by atoms with Crippen molar-refractivity contribution in [1.29, 1.82) is 0 Å². The van der Waals surface area contributed by atoms with Crippen LogP contribution in [-0.4, -0.2) is 28.1 Å². The summed E-state index contributed by atoms with van der Waals surface area (Å²) in [4.78, 5) is 2.55. The summed E-state index contributed by atoms with van der Waals surface area (Å²) in [6.45, 7) is 4.90. The van der Waals surface area contributed by atoms with Gasteiger partial charge in [-0.25, -0.2) is 0 Å². The minimum absolute atomic E-state index is 0.333. The van der Waals surface area contributed by atoms with Gasteiger partial charge in [-0.15, -0.1) is 0 Å². The van der Waals surface area contributed by atoms with Crippen molar-refractivity contribution in [3.05, 3.63) is 0 Å². The number of rotatable bonds is 2. The second-order valence-corrected chi connectivity index (χ2v) is 7.48. The maximum absolute atomic E-state index is 6.23. The minimum atomic E-state index is 0.333. The molecular formula is C13H25IN2. The van der Waals surface area contributed by atoms with Crippen molar-refractivity contribution >= 4 is 22.6 Å². The van der Waals surface area contributed by atoms with Crippen LogP contribution < -0.4 is 5.73 Å². The van der Waals surface area contributed by atoms with Gasteiger partial charge < -0.3 is 5.73 Å². The highest BCUT2D eigenvalue weighted by atomic mass is 127. The van der Waals surface area contributed by atoms with Gasteiger partial charge in [0, 0.05) is 17.0 Å². The summed E-state index contributed by atoms with van der Waals surface area (Å²) in [5.74, 6) is 1.82. The molecule has 1 heterocycles. The van der Waals surface area contributed by atoms with Gasteiger partial charge in [-0.1, -0.05) is 48.8 Å². The third kappa shape index (κ3) is 3.33. The molecule has 0 aromatic rings. The van der Waals surface area contributed by atoms with E-state index in [4.69, 9.17) is 5.73 Å². The number of hydrogen-bond acceptors (Lipinski definition) is 2. The summed E-state index contributed by atoms with van der Waals surface area (Å²) in [7, 11) is 0. The quantitative estimate of drug-likeness (QED) is 0.620. The molecule has 0 spiro atoms. The lowest BCUT2D eigenvalue weighted by Crippen LogP contribution is -2.51. The Morgan fingerprint density at radius 1 is 1.19 bits per heavy atom. The van der Waals surface area contributed by atoms with Gasteiger partial charge in [0.2, 0.25) is 0 Å². The van der Waals surface area contributed by atoms with Crippen LogP contribution in [0.25, 0.3) is 0 Å². The summed E-state index contributed by atoms with van der Waals surface area (Å²) < 4.78 is 0.816. The fourth-order valence-electron chi connectivity index (χ4n) is 3.19. The van der Waals surface area contributed by atoms with E-state index in [1.165, 1.54) is 51.6 Å². The van der Waals surface area contributed by atoms with Gasteiger partial charge in [0.1, 0.15) is 0 Å².